The summed E-state index contributed by atoms with van der Waals surface area (Å²) in [5, 5.41) is 5.98. The van der Waals surface area contributed by atoms with Crippen LogP contribution in [0.25, 0.3) is 11.3 Å². The summed E-state index contributed by atoms with van der Waals surface area (Å²) in [6.07, 6.45) is -0.116. The number of ether oxygens (including phenoxy) is 1. The first-order valence-corrected chi connectivity index (χ1v) is 8.58. The van der Waals surface area contributed by atoms with Crippen LogP contribution < -0.4 is 10.1 Å². The number of amides is 1. The zero-order chi connectivity index (χ0) is 16.4. The highest BCUT2D eigenvalue weighted by Crippen LogP contribution is 2.30. The summed E-state index contributed by atoms with van der Waals surface area (Å²) in [6.45, 7) is 5.63. The molecule has 1 aromatic heterocycles. The van der Waals surface area contributed by atoms with Gasteiger partial charge in [0, 0.05) is 17.5 Å². The van der Waals surface area contributed by atoms with Gasteiger partial charge in [-0.2, -0.15) is 0 Å². The molecule has 0 spiro atoms. The smallest absolute Gasteiger partial charge is 0.235 e. The number of methoxy groups -OCH3 is 1. The SMILES string of the molecule is COc1cccc(-c2csc(C3NC(=O)CN3CC(C)C)n2)c1. The fourth-order valence-corrected chi connectivity index (χ4v) is 3.66. The van der Waals surface area contributed by atoms with Crippen LogP contribution in [-0.4, -0.2) is 36.0 Å². The van der Waals surface area contributed by atoms with Gasteiger partial charge in [0.15, 0.2) is 0 Å². The molecule has 0 bridgehead atoms. The maximum atomic E-state index is 11.8. The van der Waals surface area contributed by atoms with Gasteiger partial charge in [0.05, 0.1) is 19.3 Å². The Labute approximate surface area is 140 Å². The molecule has 5 nitrogen and oxygen atoms in total. The standard InChI is InChI=1S/C17H21N3O2S/c1-11(2)8-20-9-15(21)19-16(20)17-18-14(10-23-17)12-5-4-6-13(7-12)22-3/h4-7,10-11,16H,8-9H2,1-3H3,(H,19,21). The Balaban J connectivity index is 1.84. The normalized spacial score (nSPS) is 18.4. The van der Waals surface area contributed by atoms with Crippen molar-refractivity contribution >= 4 is 17.2 Å². The van der Waals surface area contributed by atoms with E-state index in [2.05, 4.69) is 24.1 Å². The van der Waals surface area contributed by atoms with Gasteiger partial charge in [-0.15, -0.1) is 11.3 Å². The third-order valence-corrected chi connectivity index (χ3v) is 4.63. The monoisotopic (exact) mass is 331 g/mol. The lowest BCUT2D eigenvalue weighted by Gasteiger charge is -2.22. The first-order valence-electron chi connectivity index (χ1n) is 7.70. The highest BCUT2D eigenvalue weighted by molar-refractivity contribution is 7.10. The molecule has 1 atom stereocenters. The molecule has 1 aromatic carbocycles. The Morgan fingerprint density at radius 3 is 3.04 bits per heavy atom. The fourth-order valence-electron chi connectivity index (χ4n) is 2.75. The second-order valence-electron chi connectivity index (χ2n) is 6.10. The molecule has 1 saturated heterocycles. The summed E-state index contributed by atoms with van der Waals surface area (Å²) in [5.41, 5.74) is 1.93. The molecule has 3 rings (SSSR count). The van der Waals surface area contributed by atoms with Gasteiger partial charge in [-0.1, -0.05) is 26.0 Å². The number of carbonyl (C=O) groups excluding carboxylic acids is 1. The molecule has 1 aliphatic heterocycles. The lowest BCUT2D eigenvalue weighted by Crippen LogP contribution is -2.30. The molecule has 1 amide bonds. The largest absolute Gasteiger partial charge is 0.497 e. The Hall–Kier alpha value is -1.92. The Morgan fingerprint density at radius 1 is 1.48 bits per heavy atom. The van der Waals surface area contributed by atoms with Crippen LogP contribution in [0.4, 0.5) is 0 Å². The van der Waals surface area contributed by atoms with Crippen LogP contribution in [-0.2, 0) is 4.79 Å². The molecule has 0 radical (unpaired) electrons. The van der Waals surface area contributed by atoms with Crippen LogP contribution >= 0.6 is 11.3 Å². The van der Waals surface area contributed by atoms with E-state index in [0.717, 1.165) is 28.6 Å². The van der Waals surface area contributed by atoms with Gasteiger partial charge in [-0.3, -0.25) is 9.69 Å². The second-order valence-corrected chi connectivity index (χ2v) is 6.99. The highest BCUT2D eigenvalue weighted by atomic mass is 32.1. The van der Waals surface area contributed by atoms with E-state index in [1.165, 1.54) is 0 Å². The van der Waals surface area contributed by atoms with Crippen molar-refractivity contribution in [1.29, 1.82) is 0 Å². The van der Waals surface area contributed by atoms with Crippen molar-refractivity contribution in [2.24, 2.45) is 5.92 Å². The van der Waals surface area contributed by atoms with Crippen molar-refractivity contribution in [2.45, 2.75) is 20.0 Å². The van der Waals surface area contributed by atoms with E-state index < -0.39 is 0 Å². The number of nitrogens with one attached hydrogen (secondary N) is 1. The molecule has 2 aromatic rings. The molecule has 23 heavy (non-hydrogen) atoms. The molecular weight excluding hydrogens is 310 g/mol. The van der Waals surface area contributed by atoms with E-state index in [1.54, 1.807) is 18.4 Å². The molecule has 6 heteroatoms. The average molecular weight is 331 g/mol. The molecule has 2 heterocycles. The summed E-state index contributed by atoms with van der Waals surface area (Å²) < 4.78 is 5.27. The van der Waals surface area contributed by atoms with Crippen molar-refractivity contribution in [1.82, 2.24) is 15.2 Å². The second kappa shape index (κ2) is 6.68. The number of rotatable bonds is 5. The molecule has 1 N–H and O–H groups in total. The maximum absolute atomic E-state index is 11.8. The number of thiazole rings is 1. The van der Waals surface area contributed by atoms with Crippen LogP contribution in [0.3, 0.4) is 0 Å². The van der Waals surface area contributed by atoms with Gasteiger partial charge >= 0.3 is 0 Å². The van der Waals surface area contributed by atoms with Crippen molar-refractivity contribution < 1.29 is 9.53 Å². The van der Waals surface area contributed by atoms with E-state index in [1.807, 2.05) is 29.6 Å². The molecular formula is C17H21N3O2S. The average Bonchev–Trinajstić information content (AvgIpc) is 3.13. The van der Waals surface area contributed by atoms with Crippen LogP contribution in [0.5, 0.6) is 5.75 Å². The van der Waals surface area contributed by atoms with E-state index in [9.17, 15) is 4.79 Å². The lowest BCUT2D eigenvalue weighted by atomic mass is 10.1. The minimum Gasteiger partial charge on any atom is -0.497 e. The first-order chi connectivity index (χ1) is 11.1. The van der Waals surface area contributed by atoms with Gasteiger partial charge < -0.3 is 10.1 Å². The Morgan fingerprint density at radius 2 is 2.30 bits per heavy atom. The quantitative estimate of drug-likeness (QED) is 0.915. The molecule has 1 unspecified atom stereocenters. The summed E-state index contributed by atoms with van der Waals surface area (Å²) in [7, 11) is 1.66. The lowest BCUT2D eigenvalue weighted by molar-refractivity contribution is -0.118. The van der Waals surface area contributed by atoms with Crippen molar-refractivity contribution in [3.63, 3.8) is 0 Å². The van der Waals surface area contributed by atoms with Crippen LogP contribution in [0.15, 0.2) is 29.6 Å². The number of aromatic nitrogens is 1. The van der Waals surface area contributed by atoms with Crippen LogP contribution in [0.2, 0.25) is 0 Å². The number of carbonyl (C=O) groups is 1. The van der Waals surface area contributed by atoms with E-state index in [-0.39, 0.29) is 12.1 Å². The fraction of sp³-hybridized carbons (Fsp3) is 0.412. The van der Waals surface area contributed by atoms with Gasteiger partial charge in [0.1, 0.15) is 16.9 Å². The van der Waals surface area contributed by atoms with Gasteiger partial charge in [-0.05, 0) is 18.1 Å². The minimum atomic E-state index is -0.116. The predicted octanol–water partition coefficient (Wildman–Crippen LogP) is 2.91. The maximum Gasteiger partial charge on any atom is 0.235 e. The summed E-state index contributed by atoms with van der Waals surface area (Å²) in [6, 6.07) is 7.85. The Kier molecular flexibility index (Phi) is 4.63. The number of hydrogen-bond acceptors (Lipinski definition) is 5. The summed E-state index contributed by atoms with van der Waals surface area (Å²) in [5.74, 6) is 1.38. The van der Waals surface area contributed by atoms with Crippen molar-refractivity contribution in [3.8, 4) is 17.0 Å². The molecule has 0 saturated carbocycles. The number of benzene rings is 1. The zero-order valence-corrected chi connectivity index (χ0v) is 14.4. The van der Waals surface area contributed by atoms with Crippen LogP contribution in [0, 0.1) is 5.92 Å². The number of hydrogen-bond donors (Lipinski definition) is 1. The predicted molar refractivity (Wildman–Crippen MR) is 91.4 cm³/mol. The topological polar surface area (TPSA) is 54.5 Å². The van der Waals surface area contributed by atoms with E-state index in [0.29, 0.717) is 12.5 Å². The molecule has 1 fully saturated rings. The third-order valence-electron chi connectivity index (χ3n) is 3.73. The van der Waals surface area contributed by atoms with Crippen molar-refractivity contribution in [2.75, 3.05) is 20.2 Å². The summed E-state index contributed by atoms with van der Waals surface area (Å²) in [4.78, 5) is 18.7. The first kappa shape index (κ1) is 16.0. The van der Waals surface area contributed by atoms with Gasteiger partial charge in [-0.25, -0.2) is 4.98 Å². The number of nitrogens with zero attached hydrogens (tertiary/aromatic N) is 2. The highest BCUT2D eigenvalue weighted by Gasteiger charge is 2.33. The van der Waals surface area contributed by atoms with Crippen molar-refractivity contribution in [3.05, 3.63) is 34.7 Å². The van der Waals surface area contributed by atoms with E-state index in [4.69, 9.17) is 9.72 Å². The molecule has 1 aliphatic rings. The Bertz CT molecular complexity index is 699. The molecule has 122 valence electrons. The van der Waals surface area contributed by atoms with Crippen LogP contribution in [0.1, 0.15) is 25.0 Å². The summed E-state index contributed by atoms with van der Waals surface area (Å²) >= 11 is 1.58. The molecule has 0 aliphatic carbocycles. The van der Waals surface area contributed by atoms with E-state index >= 15 is 0 Å². The van der Waals surface area contributed by atoms with Gasteiger partial charge in [0.2, 0.25) is 5.91 Å². The third kappa shape index (κ3) is 3.54. The minimum absolute atomic E-state index is 0.0637. The van der Waals surface area contributed by atoms with Gasteiger partial charge in [0.25, 0.3) is 0 Å². The zero-order valence-electron chi connectivity index (χ0n) is 13.6.